The number of aromatic nitrogens is 3. The number of sulfonamides is 1. The van der Waals surface area contributed by atoms with Gasteiger partial charge in [0, 0.05) is 37.2 Å². The number of ether oxygens (including phenoxy) is 1. The lowest BCUT2D eigenvalue weighted by Crippen LogP contribution is -2.38. The average Bonchev–Trinajstić information content (AvgIpc) is 3.34. The van der Waals surface area contributed by atoms with E-state index < -0.39 is 10.0 Å². The third-order valence-corrected chi connectivity index (χ3v) is 8.72. The molecule has 0 bridgehead atoms. The Morgan fingerprint density at radius 3 is 2.65 bits per heavy atom. The highest BCUT2D eigenvalue weighted by molar-refractivity contribution is 7.89. The lowest BCUT2D eigenvalue weighted by molar-refractivity contribution is 0.0400. The first kappa shape index (κ1) is 21.7. The molecule has 4 aromatic rings. The molecule has 0 saturated heterocycles. The zero-order valence-electron chi connectivity index (χ0n) is 18.4. The van der Waals surface area contributed by atoms with Gasteiger partial charge in [-0.2, -0.15) is 4.31 Å². The Hall–Kier alpha value is -2.85. The van der Waals surface area contributed by atoms with E-state index in [4.69, 9.17) is 26.0 Å². The van der Waals surface area contributed by atoms with Crippen molar-refractivity contribution >= 4 is 32.7 Å². The van der Waals surface area contributed by atoms with Crippen molar-refractivity contribution in [2.75, 3.05) is 6.54 Å². The van der Waals surface area contributed by atoms with E-state index in [0.717, 1.165) is 40.1 Å². The Kier molecular flexibility index (Phi) is 5.18. The van der Waals surface area contributed by atoms with Crippen molar-refractivity contribution in [2.45, 2.75) is 43.9 Å². The first-order valence-corrected chi connectivity index (χ1v) is 12.9. The molecule has 1 atom stereocenters. The number of benzene rings is 2. The smallest absolute Gasteiger partial charge is 0.245 e. The molecule has 0 radical (unpaired) electrons. The van der Waals surface area contributed by atoms with Crippen LogP contribution in [-0.4, -0.2) is 40.7 Å². The van der Waals surface area contributed by atoms with Gasteiger partial charge in [-0.3, -0.25) is 4.98 Å². The summed E-state index contributed by atoms with van der Waals surface area (Å²) in [5, 5.41) is 7.84. The van der Waals surface area contributed by atoms with Crippen LogP contribution in [0.5, 0.6) is 0 Å². The van der Waals surface area contributed by atoms with E-state index in [0.29, 0.717) is 19.6 Å². The average molecular weight is 497 g/mol. The van der Waals surface area contributed by atoms with Gasteiger partial charge in [-0.05, 0) is 46.1 Å². The maximum atomic E-state index is 13.7. The Labute approximate surface area is 201 Å². The van der Waals surface area contributed by atoms with Gasteiger partial charge in [0.05, 0.1) is 23.4 Å². The number of hydrogen-bond donors (Lipinski definition) is 0. The summed E-state index contributed by atoms with van der Waals surface area (Å²) >= 11 is 6.14. The molecule has 0 saturated carbocycles. The third kappa shape index (κ3) is 3.42. The third-order valence-electron chi connectivity index (χ3n) is 6.54. The highest BCUT2D eigenvalue weighted by Gasteiger charge is 2.35. The number of nitrogens with zero attached hydrogens (tertiary/aromatic N) is 4. The van der Waals surface area contributed by atoms with Gasteiger partial charge >= 0.3 is 0 Å². The number of hydrogen-bond acceptors (Lipinski definition) is 7. The molecule has 174 valence electrons. The van der Waals surface area contributed by atoms with Crippen LogP contribution in [0.25, 0.3) is 22.3 Å². The molecule has 6 rings (SSSR count). The highest BCUT2D eigenvalue weighted by atomic mass is 35.5. The summed E-state index contributed by atoms with van der Waals surface area (Å²) in [7, 11) is -3.87. The van der Waals surface area contributed by atoms with Crippen molar-refractivity contribution in [1.82, 2.24) is 19.6 Å². The second kappa shape index (κ2) is 8.13. The predicted octanol–water partition coefficient (Wildman–Crippen LogP) is 4.15. The van der Waals surface area contributed by atoms with Crippen LogP contribution in [0.15, 0.2) is 52.0 Å². The van der Waals surface area contributed by atoms with E-state index >= 15 is 0 Å². The fourth-order valence-corrected chi connectivity index (χ4v) is 6.53. The number of fused-ring (bicyclic) bond motifs is 4. The zero-order chi connectivity index (χ0) is 23.4. The van der Waals surface area contributed by atoms with Crippen LogP contribution in [0.3, 0.4) is 0 Å². The van der Waals surface area contributed by atoms with E-state index in [1.165, 1.54) is 16.4 Å². The molecule has 0 N–H and O–H groups in total. The molecule has 2 aromatic heterocycles. The van der Waals surface area contributed by atoms with Crippen molar-refractivity contribution in [3.63, 3.8) is 0 Å². The predicted molar refractivity (Wildman–Crippen MR) is 126 cm³/mol. The lowest BCUT2D eigenvalue weighted by atomic mass is 9.89. The molecule has 2 aliphatic heterocycles. The standard InChI is InChI=1S/C24H21ClN4O4S/c1-14-11-16-18(13-32-14)17-12-29(10-9-20(17)26-22(16)15-5-3-2-4-6-15)34(30,31)21-8-7-19(25)23-24(21)28-33-27-23/h2-8,14H,9-13H2,1H3/t14-/m0/s1. The fraction of sp³-hybridized carbons (Fsp3) is 0.292. The van der Waals surface area contributed by atoms with Gasteiger partial charge in [0.15, 0.2) is 11.0 Å². The molecule has 34 heavy (non-hydrogen) atoms. The highest BCUT2D eigenvalue weighted by Crippen LogP contribution is 2.37. The minimum absolute atomic E-state index is 0.0317. The molecule has 2 aromatic carbocycles. The van der Waals surface area contributed by atoms with Gasteiger partial charge < -0.3 is 4.74 Å². The van der Waals surface area contributed by atoms with Crippen LogP contribution in [-0.2, 0) is 40.8 Å². The molecular weight excluding hydrogens is 476 g/mol. The van der Waals surface area contributed by atoms with Crippen molar-refractivity contribution in [2.24, 2.45) is 0 Å². The number of rotatable bonds is 3. The Balaban J connectivity index is 1.45. The molecule has 10 heteroatoms. The molecule has 4 heterocycles. The van der Waals surface area contributed by atoms with Gasteiger partial charge in [-0.25, -0.2) is 13.0 Å². The molecule has 0 spiro atoms. The first-order valence-electron chi connectivity index (χ1n) is 11.0. The second-order valence-electron chi connectivity index (χ2n) is 8.63. The maximum absolute atomic E-state index is 13.7. The minimum atomic E-state index is -3.87. The second-order valence-corrected chi connectivity index (χ2v) is 10.9. The number of pyridine rings is 1. The largest absolute Gasteiger partial charge is 0.373 e. The summed E-state index contributed by atoms with van der Waals surface area (Å²) in [4.78, 5) is 5.07. The van der Waals surface area contributed by atoms with Gasteiger partial charge in [-0.15, -0.1) is 0 Å². The topological polar surface area (TPSA) is 98.4 Å². The summed E-state index contributed by atoms with van der Waals surface area (Å²) in [6.07, 6.45) is 1.31. The Bertz CT molecular complexity index is 1520. The van der Waals surface area contributed by atoms with Gasteiger partial charge in [0.25, 0.3) is 0 Å². The van der Waals surface area contributed by atoms with E-state index in [1.807, 2.05) is 25.1 Å². The summed E-state index contributed by atoms with van der Waals surface area (Å²) in [5.41, 5.74) is 6.43. The van der Waals surface area contributed by atoms with E-state index in [1.54, 1.807) is 0 Å². The summed E-state index contributed by atoms with van der Waals surface area (Å²) in [5.74, 6) is 0. The maximum Gasteiger partial charge on any atom is 0.245 e. The number of halogens is 1. The van der Waals surface area contributed by atoms with Crippen LogP contribution in [0, 0.1) is 0 Å². The van der Waals surface area contributed by atoms with Crippen LogP contribution in [0.2, 0.25) is 5.02 Å². The fourth-order valence-electron chi connectivity index (χ4n) is 4.82. The zero-order valence-corrected chi connectivity index (χ0v) is 19.9. The van der Waals surface area contributed by atoms with Crippen LogP contribution in [0.4, 0.5) is 0 Å². The van der Waals surface area contributed by atoms with Gasteiger partial charge in [0.2, 0.25) is 10.0 Å². The van der Waals surface area contributed by atoms with Crippen LogP contribution in [0.1, 0.15) is 29.3 Å². The van der Waals surface area contributed by atoms with Crippen molar-refractivity contribution < 1.29 is 17.8 Å². The SMILES string of the molecule is C[C@H]1Cc2c(-c3ccccc3)nc3c(c2CO1)CN(S(=O)(=O)c1ccc(Cl)c2nonc12)CC3. The molecule has 0 amide bonds. The van der Waals surface area contributed by atoms with Gasteiger partial charge in [0.1, 0.15) is 4.90 Å². The van der Waals surface area contributed by atoms with Crippen molar-refractivity contribution in [1.29, 1.82) is 0 Å². The quantitative estimate of drug-likeness (QED) is 0.420. The van der Waals surface area contributed by atoms with Crippen molar-refractivity contribution in [3.05, 3.63) is 69.9 Å². The molecule has 0 fully saturated rings. The van der Waals surface area contributed by atoms with Gasteiger partial charge in [-0.1, -0.05) is 41.9 Å². The van der Waals surface area contributed by atoms with Crippen LogP contribution >= 0.6 is 11.6 Å². The summed E-state index contributed by atoms with van der Waals surface area (Å²) < 4.78 is 39.5. The molecule has 8 nitrogen and oxygen atoms in total. The monoisotopic (exact) mass is 496 g/mol. The Morgan fingerprint density at radius 2 is 1.82 bits per heavy atom. The van der Waals surface area contributed by atoms with E-state index in [9.17, 15) is 8.42 Å². The summed E-state index contributed by atoms with van der Waals surface area (Å²) in [6.45, 7) is 3.01. The lowest BCUT2D eigenvalue weighted by Gasteiger charge is -2.33. The molecule has 0 unspecified atom stereocenters. The summed E-state index contributed by atoms with van der Waals surface area (Å²) in [6, 6.07) is 13.1. The minimum Gasteiger partial charge on any atom is -0.373 e. The molecule has 2 aliphatic rings. The Morgan fingerprint density at radius 1 is 1.03 bits per heavy atom. The first-order chi connectivity index (χ1) is 16.4. The normalized spacial score (nSPS) is 18.6. The van der Waals surface area contributed by atoms with E-state index in [-0.39, 0.29) is 33.6 Å². The van der Waals surface area contributed by atoms with Crippen molar-refractivity contribution in [3.8, 4) is 11.3 Å². The van der Waals surface area contributed by atoms with Crippen LogP contribution < -0.4 is 0 Å². The molecule has 0 aliphatic carbocycles. The molecular formula is C24H21ClN4O4S. The van der Waals surface area contributed by atoms with E-state index in [2.05, 4.69) is 22.4 Å².